The minimum atomic E-state index is -3.55. The van der Waals surface area contributed by atoms with Crippen LogP contribution in [-0.4, -0.2) is 37.8 Å². The van der Waals surface area contributed by atoms with Crippen LogP contribution in [-0.2, 0) is 24.2 Å². The first kappa shape index (κ1) is 18.1. The summed E-state index contributed by atoms with van der Waals surface area (Å²) >= 11 is 0. The SMILES string of the molecule is CCOC(=O)C(C)(C)C(=O)CS(=O)(=O)C(C)C(C)C. The third kappa shape index (κ3) is 4.60. The van der Waals surface area contributed by atoms with E-state index < -0.39 is 38.0 Å². The van der Waals surface area contributed by atoms with Gasteiger partial charge in [0.1, 0.15) is 11.2 Å². The zero-order chi connectivity index (χ0) is 15.4. The van der Waals surface area contributed by atoms with Crippen LogP contribution in [0.3, 0.4) is 0 Å². The molecule has 0 aliphatic rings. The van der Waals surface area contributed by atoms with Crippen LogP contribution in [0, 0.1) is 11.3 Å². The molecule has 5 nitrogen and oxygen atoms in total. The van der Waals surface area contributed by atoms with Gasteiger partial charge in [-0.05, 0) is 33.6 Å². The van der Waals surface area contributed by atoms with Crippen molar-refractivity contribution >= 4 is 21.6 Å². The molecule has 0 heterocycles. The van der Waals surface area contributed by atoms with E-state index in [1.54, 1.807) is 27.7 Å². The number of hydrogen-bond acceptors (Lipinski definition) is 5. The highest BCUT2D eigenvalue weighted by Crippen LogP contribution is 2.22. The van der Waals surface area contributed by atoms with Crippen molar-refractivity contribution in [1.29, 1.82) is 0 Å². The predicted molar refractivity (Wildman–Crippen MR) is 73.5 cm³/mol. The van der Waals surface area contributed by atoms with Gasteiger partial charge in [-0.15, -0.1) is 0 Å². The molecule has 0 aliphatic carbocycles. The molecule has 0 saturated carbocycles. The molecule has 19 heavy (non-hydrogen) atoms. The number of ketones is 1. The first-order valence-electron chi connectivity index (χ1n) is 6.38. The molecule has 0 saturated heterocycles. The third-order valence-electron chi connectivity index (χ3n) is 3.32. The standard InChI is InChI=1S/C13H24O5S/c1-7-18-12(15)13(5,6)11(14)8-19(16,17)10(4)9(2)3/h9-10H,7-8H2,1-6H3. The van der Waals surface area contributed by atoms with Crippen molar-refractivity contribution in [3.05, 3.63) is 0 Å². The van der Waals surface area contributed by atoms with Crippen LogP contribution in [0.15, 0.2) is 0 Å². The van der Waals surface area contributed by atoms with Gasteiger partial charge >= 0.3 is 5.97 Å². The lowest BCUT2D eigenvalue weighted by atomic mass is 9.89. The number of ether oxygens (including phenoxy) is 1. The maximum Gasteiger partial charge on any atom is 0.319 e. The molecule has 0 N–H and O–H groups in total. The van der Waals surface area contributed by atoms with Gasteiger partial charge in [-0.25, -0.2) is 8.42 Å². The molecule has 0 radical (unpaired) electrons. The average molecular weight is 292 g/mol. The first-order chi connectivity index (χ1) is 8.46. The molecule has 112 valence electrons. The van der Waals surface area contributed by atoms with E-state index in [2.05, 4.69) is 0 Å². The number of hydrogen-bond donors (Lipinski definition) is 0. The number of carbonyl (C=O) groups is 2. The van der Waals surface area contributed by atoms with Crippen molar-refractivity contribution in [2.45, 2.75) is 46.8 Å². The highest BCUT2D eigenvalue weighted by molar-refractivity contribution is 7.92. The van der Waals surface area contributed by atoms with Crippen LogP contribution in [0.25, 0.3) is 0 Å². The molecule has 0 fully saturated rings. The Morgan fingerprint density at radius 1 is 1.16 bits per heavy atom. The van der Waals surface area contributed by atoms with Crippen LogP contribution in [0.2, 0.25) is 0 Å². The van der Waals surface area contributed by atoms with Crippen molar-refractivity contribution in [2.24, 2.45) is 11.3 Å². The molecule has 0 bridgehead atoms. The second-order valence-corrected chi connectivity index (χ2v) is 7.88. The Hall–Kier alpha value is -0.910. The summed E-state index contributed by atoms with van der Waals surface area (Å²) in [6.07, 6.45) is 0. The summed E-state index contributed by atoms with van der Waals surface area (Å²) in [6, 6.07) is 0. The van der Waals surface area contributed by atoms with E-state index in [9.17, 15) is 18.0 Å². The molecular formula is C13H24O5S. The topological polar surface area (TPSA) is 77.5 Å². The van der Waals surface area contributed by atoms with Crippen molar-refractivity contribution in [1.82, 2.24) is 0 Å². The van der Waals surface area contributed by atoms with Crippen LogP contribution in [0.1, 0.15) is 41.5 Å². The fourth-order valence-corrected chi connectivity index (χ4v) is 3.15. The zero-order valence-corrected chi connectivity index (χ0v) is 13.3. The van der Waals surface area contributed by atoms with Gasteiger partial charge in [0.2, 0.25) is 0 Å². The lowest BCUT2D eigenvalue weighted by Gasteiger charge is -2.22. The molecular weight excluding hydrogens is 268 g/mol. The fourth-order valence-electron chi connectivity index (χ4n) is 1.33. The molecule has 0 aromatic carbocycles. The lowest BCUT2D eigenvalue weighted by Crippen LogP contribution is -2.41. The van der Waals surface area contributed by atoms with E-state index in [0.717, 1.165) is 0 Å². The summed E-state index contributed by atoms with van der Waals surface area (Å²) < 4.78 is 28.9. The summed E-state index contributed by atoms with van der Waals surface area (Å²) in [5.74, 6) is -2.02. The Morgan fingerprint density at radius 3 is 2.00 bits per heavy atom. The normalized spacial score (nSPS) is 14.3. The summed E-state index contributed by atoms with van der Waals surface area (Å²) in [5.41, 5.74) is -1.43. The van der Waals surface area contributed by atoms with Crippen LogP contribution in [0.4, 0.5) is 0 Å². The number of carbonyl (C=O) groups excluding carboxylic acids is 2. The number of sulfone groups is 1. The minimum absolute atomic E-state index is 0.0801. The Kier molecular flexibility index (Phi) is 6.19. The quantitative estimate of drug-likeness (QED) is 0.526. The molecule has 1 atom stereocenters. The largest absolute Gasteiger partial charge is 0.465 e. The summed E-state index contributed by atoms with van der Waals surface area (Å²) in [5, 5.41) is -0.616. The van der Waals surface area contributed by atoms with E-state index in [4.69, 9.17) is 4.74 Å². The monoisotopic (exact) mass is 292 g/mol. The highest BCUT2D eigenvalue weighted by atomic mass is 32.2. The zero-order valence-electron chi connectivity index (χ0n) is 12.5. The summed E-state index contributed by atoms with van der Waals surface area (Å²) in [4.78, 5) is 23.7. The Bertz CT molecular complexity index is 434. The van der Waals surface area contributed by atoms with Gasteiger partial charge in [0.15, 0.2) is 15.6 Å². The second kappa shape index (κ2) is 6.50. The minimum Gasteiger partial charge on any atom is -0.465 e. The van der Waals surface area contributed by atoms with Gasteiger partial charge in [-0.1, -0.05) is 13.8 Å². The third-order valence-corrected chi connectivity index (χ3v) is 5.66. The lowest BCUT2D eigenvalue weighted by molar-refractivity contribution is -0.157. The molecule has 0 amide bonds. The van der Waals surface area contributed by atoms with Gasteiger partial charge in [-0.3, -0.25) is 9.59 Å². The van der Waals surface area contributed by atoms with E-state index >= 15 is 0 Å². The van der Waals surface area contributed by atoms with E-state index in [-0.39, 0.29) is 12.5 Å². The predicted octanol–water partition coefficient (Wildman–Crippen LogP) is 1.60. The first-order valence-corrected chi connectivity index (χ1v) is 8.10. The van der Waals surface area contributed by atoms with Crippen LogP contribution < -0.4 is 0 Å². The van der Waals surface area contributed by atoms with Crippen LogP contribution in [0.5, 0.6) is 0 Å². The van der Waals surface area contributed by atoms with Gasteiger partial charge < -0.3 is 4.74 Å². The van der Waals surface area contributed by atoms with E-state index in [1.807, 2.05) is 0 Å². The van der Waals surface area contributed by atoms with Crippen molar-refractivity contribution in [2.75, 3.05) is 12.4 Å². The van der Waals surface area contributed by atoms with Gasteiger partial charge in [-0.2, -0.15) is 0 Å². The van der Waals surface area contributed by atoms with Crippen LogP contribution >= 0.6 is 0 Å². The highest BCUT2D eigenvalue weighted by Gasteiger charge is 2.40. The molecule has 0 rings (SSSR count). The fraction of sp³-hybridized carbons (Fsp3) is 0.846. The van der Waals surface area contributed by atoms with E-state index in [1.165, 1.54) is 13.8 Å². The Labute approximate surface area is 115 Å². The second-order valence-electron chi connectivity index (χ2n) is 5.52. The number of esters is 1. The Morgan fingerprint density at radius 2 is 1.63 bits per heavy atom. The maximum absolute atomic E-state index is 12.0. The average Bonchev–Trinajstić information content (AvgIpc) is 2.27. The Balaban J connectivity index is 5.01. The van der Waals surface area contributed by atoms with Crippen molar-refractivity contribution in [3.8, 4) is 0 Å². The molecule has 6 heteroatoms. The molecule has 0 aliphatic heterocycles. The van der Waals surface area contributed by atoms with Gasteiger partial charge in [0.05, 0.1) is 11.9 Å². The molecule has 0 aromatic rings. The molecule has 0 aromatic heterocycles. The summed E-state index contributed by atoms with van der Waals surface area (Å²) in [7, 11) is -3.55. The number of Topliss-reactive ketones (excluding diaryl/α,β-unsaturated/α-hetero) is 1. The molecule has 0 spiro atoms. The van der Waals surface area contributed by atoms with Crippen molar-refractivity contribution < 1.29 is 22.7 Å². The smallest absolute Gasteiger partial charge is 0.319 e. The maximum atomic E-state index is 12.0. The number of rotatable bonds is 7. The van der Waals surface area contributed by atoms with E-state index in [0.29, 0.717) is 0 Å². The van der Waals surface area contributed by atoms with Crippen molar-refractivity contribution in [3.63, 3.8) is 0 Å². The van der Waals surface area contributed by atoms with Gasteiger partial charge in [0.25, 0.3) is 0 Å². The molecule has 1 unspecified atom stereocenters. The van der Waals surface area contributed by atoms with Gasteiger partial charge in [0, 0.05) is 0 Å². The summed E-state index contributed by atoms with van der Waals surface area (Å²) in [6.45, 7) is 9.71.